The van der Waals surface area contributed by atoms with Crippen LogP contribution in [0.4, 0.5) is 11.5 Å². The van der Waals surface area contributed by atoms with Gasteiger partial charge in [0, 0.05) is 35.9 Å². The molecule has 0 saturated heterocycles. The van der Waals surface area contributed by atoms with Crippen molar-refractivity contribution in [1.82, 2.24) is 0 Å². The smallest absolute Gasteiger partial charge is 0.277 e. The molecule has 6 heteroatoms. The Balaban J connectivity index is 1.55. The first-order valence-electron chi connectivity index (χ1n) is 12.8. The summed E-state index contributed by atoms with van der Waals surface area (Å²) in [7, 11) is 2.19. The van der Waals surface area contributed by atoms with Crippen molar-refractivity contribution in [2.45, 2.75) is 44.4 Å². The summed E-state index contributed by atoms with van der Waals surface area (Å²) >= 11 is 1.91. The van der Waals surface area contributed by atoms with Crippen LogP contribution in [-0.4, -0.2) is 32.0 Å². The van der Waals surface area contributed by atoms with Crippen molar-refractivity contribution in [3.8, 4) is 0 Å². The molecular formula is C29H36N5S+. The van der Waals surface area contributed by atoms with E-state index in [9.17, 15) is 0 Å². The van der Waals surface area contributed by atoms with Crippen molar-refractivity contribution >= 4 is 46.1 Å². The third-order valence-electron chi connectivity index (χ3n) is 6.91. The van der Waals surface area contributed by atoms with E-state index in [1.165, 1.54) is 56.3 Å². The van der Waals surface area contributed by atoms with E-state index in [-0.39, 0.29) is 0 Å². The lowest BCUT2D eigenvalue weighted by Gasteiger charge is -2.27. The van der Waals surface area contributed by atoms with Crippen molar-refractivity contribution in [2.24, 2.45) is 17.8 Å². The molecule has 0 fully saturated rings. The van der Waals surface area contributed by atoms with Gasteiger partial charge in [0.2, 0.25) is 0 Å². The van der Waals surface area contributed by atoms with E-state index in [1.807, 2.05) is 18.7 Å². The Hall–Kier alpha value is -2.99. The number of aliphatic imine (C=N–C) groups is 1. The summed E-state index contributed by atoms with van der Waals surface area (Å²) in [4.78, 5) is 10.8. The predicted octanol–water partition coefficient (Wildman–Crippen LogP) is 5.50. The number of fused-ring (bicyclic) bond motifs is 1. The molecule has 35 heavy (non-hydrogen) atoms. The molecule has 2 aliphatic rings. The lowest BCUT2D eigenvalue weighted by atomic mass is 10.0. The summed E-state index contributed by atoms with van der Waals surface area (Å²) < 4.78 is 2.35. The Morgan fingerprint density at radius 2 is 2.06 bits per heavy atom. The molecule has 5 nitrogen and oxygen atoms in total. The molecule has 182 valence electrons. The Morgan fingerprint density at radius 3 is 2.89 bits per heavy atom. The lowest BCUT2D eigenvalue weighted by Crippen LogP contribution is -2.41. The van der Waals surface area contributed by atoms with Gasteiger partial charge in [-0.05, 0) is 55.5 Å². The second-order valence-corrected chi connectivity index (χ2v) is 10.6. The fourth-order valence-electron chi connectivity index (χ4n) is 5.32. The number of amidine groups is 1. The Labute approximate surface area is 213 Å². The van der Waals surface area contributed by atoms with Gasteiger partial charge in [-0.25, -0.2) is 4.57 Å². The summed E-state index contributed by atoms with van der Waals surface area (Å²) in [5.41, 5.74) is 11.2. The molecule has 0 atom stereocenters. The van der Waals surface area contributed by atoms with Gasteiger partial charge in [-0.2, -0.15) is 0 Å². The third-order valence-corrected chi connectivity index (χ3v) is 8.01. The molecule has 2 aromatic carbocycles. The van der Waals surface area contributed by atoms with Crippen molar-refractivity contribution < 1.29 is 4.57 Å². The lowest BCUT2D eigenvalue weighted by molar-refractivity contribution is -0.632. The number of hydrogen-bond donors (Lipinski definition) is 1. The number of aromatic nitrogens is 1. The Morgan fingerprint density at radius 1 is 1.20 bits per heavy atom. The average molecular weight is 487 g/mol. The van der Waals surface area contributed by atoms with E-state index in [2.05, 4.69) is 87.9 Å². The van der Waals surface area contributed by atoms with E-state index < -0.39 is 0 Å². The maximum Gasteiger partial charge on any atom is 0.277 e. The number of rotatable bonds is 8. The standard InChI is InChI=1S/C29H36N5S/c1-4-16-33(17-9-15-31-21(2)30)27-19-23(24-12-5-6-13-25(24)32(27)3)20-28-34-18-8-11-22-10-7-14-26(35-28)29(22)34/h5-7,10,12-14,19-20H,4,8-9,11,15-18H2,1-3H3,(H2,30,31)/q+1. The highest BCUT2D eigenvalue weighted by molar-refractivity contribution is 8.03. The molecule has 0 spiro atoms. The number of aryl methyl sites for hydroxylation is 2. The minimum Gasteiger partial charge on any atom is -0.388 e. The van der Waals surface area contributed by atoms with E-state index in [0.29, 0.717) is 5.84 Å². The van der Waals surface area contributed by atoms with Crippen molar-refractivity contribution in [1.29, 1.82) is 0 Å². The van der Waals surface area contributed by atoms with Crippen LogP contribution in [0.2, 0.25) is 0 Å². The first kappa shape index (κ1) is 23.7. The van der Waals surface area contributed by atoms with Gasteiger partial charge in [0.1, 0.15) is 5.52 Å². The van der Waals surface area contributed by atoms with Crippen LogP contribution >= 0.6 is 11.8 Å². The van der Waals surface area contributed by atoms with E-state index >= 15 is 0 Å². The van der Waals surface area contributed by atoms with Gasteiger partial charge in [-0.15, -0.1) is 0 Å². The number of nitrogens with zero attached hydrogens (tertiary/aromatic N) is 4. The molecule has 0 unspecified atom stereocenters. The minimum atomic E-state index is 0.660. The number of para-hydroxylation sites is 2. The second-order valence-electron chi connectivity index (χ2n) is 9.50. The van der Waals surface area contributed by atoms with E-state index in [4.69, 9.17) is 5.73 Å². The summed E-state index contributed by atoms with van der Waals surface area (Å²) in [6.07, 6.45) is 6.89. The molecule has 2 N–H and O–H groups in total. The van der Waals surface area contributed by atoms with Crippen LogP contribution in [0.5, 0.6) is 0 Å². The fraction of sp³-hybridized carbons (Fsp3) is 0.379. The monoisotopic (exact) mass is 486 g/mol. The summed E-state index contributed by atoms with van der Waals surface area (Å²) in [6.45, 7) is 7.95. The van der Waals surface area contributed by atoms with Crippen molar-refractivity contribution in [2.75, 3.05) is 36.0 Å². The molecule has 2 aliphatic heterocycles. The quantitative estimate of drug-likeness (QED) is 0.198. The SMILES string of the molecule is CCCN(CCCN=C(C)N)c1cc(C=C2Sc3cccc4c3N2CCC4)c2ccccc2[n+]1C. The molecule has 0 aliphatic carbocycles. The molecule has 0 saturated carbocycles. The molecule has 0 radical (unpaired) electrons. The third kappa shape index (κ3) is 4.76. The number of benzene rings is 2. The molecule has 0 bridgehead atoms. The van der Waals surface area contributed by atoms with Crippen LogP contribution in [0.3, 0.4) is 0 Å². The molecule has 1 aromatic heterocycles. The summed E-state index contributed by atoms with van der Waals surface area (Å²) in [5, 5.41) is 2.63. The topological polar surface area (TPSA) is 48.7 Å². The normalized spacial score (nSPS) is 16.3. The van der Waals surface area contributed by atoms with Gasteiger partial charge < -0.3 is 10.6 Å². The maximum absolute atomic E-state index is 5.75. The summed E-state index contributed by atoms with van der Waals surface area (Å²) in [5.74, 6) is 1.92. The van der Waals surface area contributed by atoms with Crippen LogP contribution in [-0.2, 0) is 13.5 Å². The molecule has 3 heterocycles. The van der Waals surface area contributed by atoms with E-state index in [1.54, 1.807) is 0 Å². The highest BCUT2D eigenvalue weighted by Gasteiger charge is 2.30. The van der Waals surface area contributed by atoms with Crippen LogP contribution in [0.25, 0.3) is 17.0 Å². The zero-order valence-electron chi connectivity index (χ0n) is 21.1. The average Bonchev–Trinajstić information content (AvgIpc) is 3.22. The van der Waals surface area contributed by atoms with Crippen molar-refractivity contribution in [3.05, 3.63) is 64.7 Å². The number of nitrogens with two attached hydrogens (primary N) is 1. The molecule has 3 aromatic rings. The van der Waals surface area contributed by atoms with Gasteiger partial charge in [-0.3, -0.25) is 9.89 Å². The van der Waals surface area contributed by atoms with E-state index in [0.717, 1.165) is 39.0 Å². The highest BCUT2D eigenvalue weighted by Crippen LogP contribution is 2.50. The largest absolute Gasteiger partial charge is 0.388 e. The van der Waals surface area contributed by atoms with Gasteiger partial charge in [0.15, 0.2) is 0 Å². The van der Waals surface area contributed by atoms with Gasteiger partial charge >= 0.3 is 0 Å². The molecule has 0 amide bonds. The highest BCUT2D eigenvalue weighted by atomic mass is 32.2. The van der Waals surface area contributed by atoms with Crippen LogP contribution in [0.1, 0.15) is 44.2 Å². The van der Waals surface area contributed by atoms with Crippen LogP contribution in [0, 0.1) is 0 Å². The second kappa shape index (κ2) is 10.3. The van der Waals surface area contributed by atoms with Gasteiger partial charge in [0.25, 0.3) is 5.82 Å². The molecule has 5 rings (SSSR count). The minimum absolute atomic E-state index is 0.660. The van der Waals surface area contributed by atoms with Crippen LogP contribution < -0.4 is 20.1 Å². The van der Waals surface area contributed by atoms with Gasteiger partial charge in [-0.1, -0.05) is 49.0 Å². The zero-order chi connectivity index (χ0) is 24.4. The van der Waals surface area contributed by atoms with Crippen LogP contribution in [0.15, 0.2) is 63.4 Å². The number of thioether (sulfide) groups is 1. The Kier molecular flexibility index (Phi) is 7.00. The first-order valence-corrected chi connectivity index (χ1v) is 13.6. The maximum atomic E-state index is 5.75. The van der Waals surface area contributed by atoms with Gasteiger partial charge in [0.05, 0.1) is 36.7 Å². The first-order chi connectivity index (χ1) is 17.1. The predicted molar refractivity (Wildman–Crippen MR) is 150 cm³/mol. The zero-order valence-corrected chi connectivity index (χ0v) is 21.9. The number of hydrogen-bond acceptors (Lipinski definition) is 4. The Bertz CT molecular complexity index is 1290. The number of anilines is 2. The molecular weight excluding hydrogens is 450 g/mol. The van der Waals surface area contributed by atoms with Crippen molar-refractivity contribution in [3.63, 3.8) is 0 Å². The number of pyridine rings is 1. The summed E-state index contributed by atoms with van der Waals surface area (Å²) in [6, 6.07) is 17.9. The fourth-order valence-corrected chi connectivity index (χ4v) is 6.51.